The largest absolute Gasteiger partial charge is 0.0656 e. The number of fused-ring (bicyclic) bond motifs is 2. The molecule has 19 heavy (non-hydrogen) atoms. The van der Waals surface area contributed by atoms with E-state index in [9.17, 15) is 0 Å². The highest BCUT2D eigenvalue weighted by Crippen LogP contribution is 2.25. The average molecular weight is 250 g/mol. The summed E-state index contributed by atoms with van der Waals surface area (Å²) < 4.78 is 0. The Morgan fingerprint density at radius 2 is 1.26 bits per heavy atom. The highest BCUT2D eigenvalue weighted by molar-refractivity contribution is 5.99. The van der Waals surface area contributed by atoms with E-state index in [0.717, 1.165) is 6.42 Å². The molecule has 0 aliphatic carbocycles. The Kier molecular flexibility index (Phi) is 4.57. The van der Waals surface area contributed by atoms with Gasteiger partial charge in [-0.2, -0.15) is 0 Å². The van der Waals surface area contributed by atoms with Crippen LogP contribution in [0.15, 0.2) is 54.6 Å². The van der Waals surface area contributed by atoms with Crippen LogP contribution in [0.5, 0.6) is 0 Å². The zero-order chi connectivity index (χ0) is 13.7. The van der Waals surface area contributed by atoms with Gasteiger partial charge in [-0.05, 0) is 45.7 Å². The van der Waals surface area contributed by atoms with E-state index in [1.54, 1.807) is 0 Å². The van der Waals surface area contributed by atoms with Gasteiger partial charge in [0.2, 0.25) is 0 Å². The maximum absolute atomic E-state index is 2.31. The van der Waals surface area contributed by atoms with Gasteiger partial charge >= 0.3 is 0 Å². The predicted octanol–water partition coefficient (Wildman–Crippen LogP) is 5.97. The van der Waals surface area contributed by atoms with Crippen LogP contribution in [-0.4, -0.2) is 0 Å². The molecule has 0 heterocycles. The molecular weight excluding hydrogens is 228 g/mol. The van der Waals surface area contributed by atoms with Gasteiger partial charge < -0.3 is 0 Å². The van der Waals surface area contributed by atoms with E-state index in [0.29, 0.717) is 0 Å². The first-order chi connectivity index (χ1) is 9.30. The standard InChI is InChI=1S/C16H14.C3H8/c1-2-12-8-5-9-15-10-13-6-3-4-7-14(13)11-16(12)15;1-3-2/h3-11H,2H2,1H3;3H2,1-2H3. The van der Waals surface area contributed by atoms with Crippen LogP contribution in [0.3, 0.4) is 0 Å². The molecule has 0 saturated heterocycles. The lowest BCUT2D eigenvalue weighted by Gasteiger charge is -2.06. The number of rotatable bonds is 1. The topological polar surface area (TPSA) is 0 Å². The molecule has 3 aromatic carbocycles. The van der Waals surface area contributed by atoms with Crippen LogP contribution in [-0.2, 0) is 6.42 Å². The highest BCUT2D eigenvalue weighted by atomic mass is 14.0. The lowest BCUT2D eigenvalue weighted by atomic mass is 9.99. The van der Waals surface area contributed by atoms with Gasteiger partial charge in [0, 0.05) is 0 Å². The number of aryl methyl sites for hydroxylation is 1. The van der Waals surface area contributed by atoms with E-state index in [-0.39, 0.29) is 0 Å². The van der Waals surface area contributed by atoms with Crippen molar-refractivity contribution >= 4 is 21.5 Å². The normalized spacial score (nSPS) is 10.3. The molecule has 0 nitrogen and oxygen atoms in total. The summed E-state index contributed by atoms with van der Waals surface area (Å²) in [5, 5.41) is 5.39. The summed E-state index contributed by atoms with van der Waals surface area (Å²) in [4.78, 5) is 0. The van der Waals surface area contributed by atoms with Crippen LogP contribution in [0.4, 0.5) is 0 Å². The van der Waals surface area contributed by atoms with E-state index < -0.39 is 0 Å². The van der Waals surface area contributed by atoms with E-state index in [1.807, 2.05) is 0 Å². The maximum atomic E-state index is 2.31. The molecule has 0 spiro atoms. The first-order valence-electron chi connectivity index (χ1n) is 7.20. The Labute approximate surface area is 116 Å². The summed E-state index contributed by atoms with van der Waals surface area (Å²) in [6.07, 6.45) is 2.34. The van der Waals surface area contributed by atoms with Crippen molar-refractivity contribution < 1.29 is 0 Å². The Bertz CT molecular complexity index is 665. The molecule has 0 bridgehead atoms. The maximum Gasteiger partial charge on any atom is -0.0146 e. The third-order valence-electron chi connectivity index (χ3n) is 3.22. The molecular formula is C19H22. The zero-order valence-electron chi connectivity index (χ0n) is 12.1. The fourth-order valence-corrected chi connectivity index (χ4v) is 2.34. The Hall–Kier alpha value is -1.82. The number of hydrogen-bond acceptors (Lipinski definition) is 0. The van der Waals surface area contributed by atoms with Crippen molar-refractivity contribution in [2.24, 2.45) is 0 Å². The molecule has 0 radical (unpaired) electrons. The molecule has 0 saturated carbocycles. The lowest BCUT2D eigenvalue weighted by Crippen LogP contribution is -1.83. The molecule has 0 heteroatoms. The second-order valence-corrected chi connectivity index (χ2v) is 4.90. The molecule has 3 rings (SSSR count). The van der Waals surface area contributed by atoms with Crippen molar-refractivity contribution in [2.75, 3.05) is 0 Å². The van der Waals surface area contributed by atoms with Crippen molar-refractivity contribution in [1.82, 2.24) is 0 Å². The monoisotopic (exact) mass is 250 g/mol. The van der Waals surface area contributed by atoms with E-state index in [4.69, 9.17) is 0 Å². The molecule has 0 aromatic heterocycles. The van der Waals surface area contributed by atoms with Gasteiger partial charge in [-0.1, -0.05) is 69.7 Å². The van der Waals surface area contributed by atoms with E-state index >= 15 is 0 Å². The van der Waals surface area contributed by atoms with Gasteiger partial charge in [-0.15, -0.1) is 0 Å². The predicted molar refractivity (Wildman–Crippen MR) is 86.8 cm³/mol. The van der Waals surface area contributed by atoms with Crippen LogP contribution < -0.4 is 0 Å². The van der Waals surface area contributed by atoms with Crippen LogP contribution in [0.25, 0.3) is 21.5 Å². The molecule has 3 aromatic rings. The fourth-order valence-electron chi connectivity index (χ4n) is 2.34. The van der Waals surface area contributed by atoms with Crippen LogP contribution in [0, 0.1) is 0 Å². The molecule has 0 aliphatic rings. The molecule has 0 atom stereocenters. The quantitative estimate of drug-likeness (QED) is 0.467. The molecule has 0 unspecified atom stereocenters. The van der Waals surface area contributed by atoms with Gasteiger partial charge in [0.15, 0.2) is 0 Å². The molecule has 0 aliphatic heterocycles. The van der Waals surface area contributed by atoms with Crippen LogP contribution in [0.2, 0.25) is 0 Å². The summed E-state index contributed by atoms with van der Waals surface area (Å²) in [6.45, 7) is 6.46. The van der Waals surface area contributed by atoms with Crippen molar-refractivity contribution in [3.63, 3.8) is 0 Å². The van der Waals surface area contributed by atoms with Gasteiger partial charge in [0.05, 0.1) is 0 Å². The van der Waals surface area contributed by atoms with Gasteiger partial charge in [0.1, 0.15) is 0 Å². The summed E-state index contributed by atoms with van der Waals surface area (Å²) >= 11 is 0. The van der Waals surface area contributed by atoms with E-state index in [1.165, 1.54) is 33.5 Å². The SMILES string of the molecule is CCC.CCc1cccc2cc3ccccc3cc12. The molecule has 0 fully saturated rings. The van der Waals surface area contributed by atoms with Crippen molar-refractivity contribution in [2.45, 2.75) is 33.6 Å². The second kappa shape index (κ2) is 6.38. The number of hydrogen-bond donors (Lipinski definition) is 0. The second-order valence-electron chi connectivity index (χ2n) is 4.90. The summed E-state index contributed by atoms with van der Waals surface area (Å²) in [6, 6.07) is 19.7. The minimum atomic E-state index is 1.09. The number of benzene rings is 3. The Morgan fingerprint density at radius 3 is 1.89 bits per heavy atom. The summed E-state index contributed by atoms with van der Waals surface area (Å²) in [7, 11) is 0. The lowest BCUT2D eigenvalue weighted by molar-refractivity contribution is 1.09. The van der Waals surface area contributed by atoms with Gasteiger partial charge in [-0.25, -0.2) is 0 Å². The zero-order valence-corrected chi connectivity index (χ0v) is 12.1. The molecule has 98 valence electrons. The minimum absolute atomic E-state index is 1.09. The summed E-state index contributed by atoms with van der Waals surface area (Å²) in [5.41, 5.74) is 1.43. The van der Waals surface area contributed by atoms with Gasteiger partial charge in [-0.3, -0.25) is 0 Å². The Morgan fingerprint density at radius 1 is 0.684 bits per heavy atom. The smallest absolute Gasteiger partial charge is 0.0146 e. The third kappa shape index (κ3) is 2.96. The molecule has 0 amide bonds. The highest BCUT2D eigenvalue weighted by Gasteiger charge is 2.00. The van der Waals surface area contributed by atoms with Crippen molar-refractivity contribution in [1.29, 1.82) is 0 Å². The minimum Gasteiger partial charge on any atom is -0.0656 e. The Balaban J connectivity index is 0.000000408. The first kappa shape index (κ1) is 13.6. The fraction of sp³-hybridized carbons (Fsp3) is 0.263. The van der Waals surface area contributed by atoms with Crippen molar-refractivity contribution in [3.8, 4) is 0 Å². The van der Waals surface area contributed by atoms with E-state index in [2.05, 4.69) is 75.4 Å². The average Bonchev–Trinajstić information content (AvgIpc) is 2.45. The summed E-state index contributed by atoms with van der Waals surface area (Å²) in [5.74, 6) is 0. The van der Waals surface area contributed by atoms with Crippen molar-refractivity contribution in [3.05, 3.63) is 60.2 Å². The van der Waals surface area contributed by atoms with Crippen LogP contribution >= 0.6 is 0 Å². The third-order valence-corrected chi connectivity index (χ3v) is 3.22. The first-order valence-corrected chi connectivity index (χ1v) is 7.20. The van der Waals surface area contributed by atoms with Gasteiger partial charge in [0.25, 0.3) is 0 Å². The van der Waals surface area contributed by atoms with Crippen LogP contribution in [0.1, 0.15) is 32.8 Å². The molecule has 0 N–H and O–H groups in total.